The Balaban J connectivity index is 4.49. The smallest absolute Gasteiger partial charge is 0.305 e. The molecule has 0 fully saturated rings. The van der Waals surface area contributed by atoms with E-state index in [1.54, 1.807) is 0 Å². The third-order valence-corrected chi connectivity index (χ3v) is 7.70. The van der Waals surface area contributed by atoms with Crippen LogP contribution in [0.15, 0.2) is 0 Å². The van der Waals surface area contributed by atoms with Gasteiger partial charge in [-0.3, -0.25) is 14.4 Å². The fraction of sp³-hybridized carbons (Fsp3) is 0.914. The first-order chi connectivity index (χ1) is 19.9. The standard InChI is InChI=1S/C35H66O6/c1-5-8-11-14-16-17-19-22-25-28-34(38)41-31-35(4,29-39-32(36)26-23-20-13-10-7-3)30-40-33(37)27-24-21-18-15-12-9-6-2/h5-31H2,1-4H3. The summed E-state index contributed by atoms with van der Waals surface area (Å²) in [6.07, 6.45) is 25.2. The van der Waals surface area contributed by atoms with Crippen molar-refractivity contribution in [3.63, 3.8) is 0 Å². The molecule has 0 spiro atoms. The lowest BCUT2D eigenvalue weighted by molar-refractivity contribution is -0.160. The van der Waals surface area contributed by atoms with Gasteiger partial charge in [0.25, 0.3) is 0 Å². The zero-order valence-corrected chi connectivity index (χ0v) is 27.5. The molecule has 6 heteroatoms. The van der Waals surface area contributed by atoms with Gasteiger partial charge in [0, 0.05) is 19.3 Å². The minimum Gasteiger partial charge on any atom is -0.465 e. The number of esters is 3. The van der Waals surface area contributed by atoms with Crippen LogP contribution in [0.3, 0.4) is 0 Å². The Kier molecular flexibility index (Phi) is 27.4. The van der Waals surface area contributed by atoms with Gasteiger partial charge in [-0.05, 0) is 26.2 Å². The van der Waals surface area contributed by atoms with Crippen molar-refractivity contribution in [2.75, 3.05) is 19.8 Å². The molecule has 0 aromatic carbocycles. The molecule has 0 radical (unpaired) electrons. The molecule has 0 N–H and O–H groups in total. The van der Waals surface area contributed by atoms with Crippen molar-refractivity contribution in [2.24, 2.45) is 5.41 Å². The SMILES string of the molecule is CCCCCCCCCCCC(=O)OCC(C)(COC(=O)CCCCCCC)COC(=O)CCCCCCCCC. The zero-order chi connectivity index (χ0) is 30.4. The van der Waals surface area contributed by atoms with Crippen LogP contribution in [0.1, 0.15) is 182 Å². The molecule has 0 saturated heterocycles. The molecule has 1 atom stereocenters. The highest BCUT2D eigenvalue weighted by atomic mass is 16.6. The van der Waals surface area contributed by atoms with E-state index < -0.39 is 5.41 Å². The van der Waals surface area contributed by atoms with Gasteiger partial charge in [0.1, 0.15) is 19.8 Å². The van der Waals surface area contributed by atoms with Crippen molar-refractivity contribution in [1.82, 2.24) is 0 Å². The van der Waals surface area contributed by atoms with Crippen LogP contribution in [0.5, 0.6) is 0 Å². The van der Waals surface area contributed by atoms with Crippen LogP contribution in [-0.2, 0) is 28.6 Å². The third kappa shape index (κ3) is 27.0. The van der Waals surface area contributed by atoms with Gasteiger partial charge in [-0.1, -0.05) is 136 Å². The molecule has 0 bridgehead atoms. The minimum absolute atomic E-state index is 0.0663. The monoisotopic (exact) mass is 582 g/mol. The van der Waals surface area contributed by atoms with E-state index in [-0.39, 0.29) is 37.7 Å². The quantitative estimate of drug-likeness (QED) is 0.0476. The van der Waals surface area contributed by atoms with E-state index in [9.17, 15) is 14.4 Å². The highest BCUT2D eigenvalue weighted by Gasteiger charge is 2.30. The number of carbonyl (C=O) groups excluding carboxylic acids is 3. The lowest BCUT2D eigenvalue weighted by Crippen LogP contribution is -2.37. The first-order valence-corrected chi connectivity index (χ1v) is 17.3. The second-order valence-electron chi connectivity index (χ2n) is 12.4. The Morgan fingerprint density at radius 2 is 0.610 bits per heavy atom. The molecule has 0 aliphatic heterocycles. The molecule has 41 heavy (non-hydrogen) atoms. The first kappa shape index (κ1) is 39.4. The summed E-state index contributed by atoms with van der Waals surface area (Å²) in [6.45, 7) is 8.66. The Hall–Kier alpha value is -1.59. The van der Waals surface area contributed by atoms with E-state index in [2.05, 4.69) is 20.8 Å². The number of ether oxygens (including phenoxy) is 3. The Bertz CT molecular complexity index is 634. The number of unbranched alkanes of at least 4 members (excludes halogenated alkanes) is 18. The van der Waals surface area contributed by atoms with E-state index in [1.807, 2.05) is 6.92 Å². The van der Waals surface area contributed by atoms with Crippen molar-refractivity contribution in [3.8, 4) is 0 Å². The van der Waals surface area contributed by atoms with Crippen LogP contribution < -0.4 is 0 Å². The van der Waals surface area contributed by atoms with Crippen molar-refractivity contribution in [3.05, 3.63) is 0 Å². The van der Waals surface area contributed by atoms with Crippen molar-refractivity contribution in [1.29, 1.82) is 0 Å². The summed E-state index contributed by atoms with van der Waals surface area (Å²) < 4.78 is 16.7. The molecule has 1 unspecified atom stereocenters. The van der Waals surface area contributed by atoms with Gasteiger partial charge in [-0.15, -0.1) is 0 Å². The van der Waals surface area contributed by atoms with Crippen LogP contribution in [0.4, 0.5) is 0 Å². The second kappa shape index (κ2) is 28.5. The first-order valence-electron chi connectivity index (χ1n) is 17.3. The number of rotatable bonds is 30. The van der Waals surface area contributed by atoms with E-state index in [0.717, 1.165) is 57.8 Å². The van der Waals surface area contributed by atoms with Crippen LogP contribution in [0.2, 0.25) is 0 Å². The van der Waals surface area contributed by atoms with Crippen LogP contribution >= 0.6 is 0 Å². The molecule has 0 amide bonds. The number of hydrogen-bond donors (Lipinski definition) is 0. The molecule has 6 nitrogen and oxygen atoms in total. The van der Waals surface area contributed by atoms with Crippen LogP contribution in [-0.4, -0.2) is 37.7 Å². The van der Waals surface area contributed by atoms with Crippen molar-refractivity contribution >= 4 is 17.9 Å². The van der Waals surface area contributed by atoms with Gasteiger partial charge < -0.3 is 14.2 Å². The Labute approximate surface area is 253 Å². The molecule has 0 rings (SSSR count). The van der Waals surface area contributed by atoms with Gasteiger partial charge in [0.2, 0.25) is 0 Å². The second-order valence-corrected chi connectivity index (χ2v) is 12.4. The maximum absolute atomic E-state index is 12.4. The van der Waals surface area contributed by atoms with E-state index in [4.69, 9.17) is 14.2 Å². The molecule has 0 saturated carbocycles. The lowest BCUT2D eigenvalue weighted by Gasteiger charge is -2.28. The van der Waals surface area contributed by atoms with E-state index >= 15 is 0 Å². The van der Waals surface area contributed by atoms with E-state index in [0.29, 0.717) is 19.3 Å². The molecule has 0 aromatic rings. The summed E-state index contributed by atoms with van der Waals surface area (Å²) in [7, 11) is 0. The van der Waals surface area contributed by atoms with Gasteiger partial charge in [0.05, 0.1) is 5.41 Å². The van der Waals surface area contributed by atoms with Crippen molar-refractivity contribution < 1.29 is 28.6 Å². The van der Waals surface area contributed by atoms with Gasteiger partial charge in [-0.25, -0.2) is 0 Å². The summed E-state index contributed by atoms with van der Waals surface area (Å²) in [6, 6.07) is 0. The largest absolute Gasteiger partial charge is 0.465 e. The minimum atomic E-state index is -0.762. The maximum atomic E-state index is 12.4. The van der Waals surface area contributed by atoms with Gasteiger partial charge in [0.15, 0.2) is 0 Å². The average molecular weight is 583 g/mol. The van der Waals surface area contributed by atoms with Crippen LogP contribution in [0.25, 0.3) is 0 Å². The third-order valence-electron chi connectivity index (χ3n) is 7.70. The zero-order valence-electron chi connectivity index (χ0n) is 27.5. The molecular weight excluding hydrogens is 516 g/mol. The van der Waals surface area contributed by atoms with Gasteiger partial charge in [-0.2, -0.15) is 0 Å². The molecule has 0 aliphatic carbocycles. The summed E-state index contributed by atoms with van der Waals surface area (Å²) >= 11 is 0. The van der Waals surface area contributed by atoms with Crippen LogP contribution in [0, 0.1) is 5.41 Å². The summed E-state index contributed by atoms with van der Waals surface area (Å²) in [5.74, 6) is -0.730. The summed E-state index contributed by atoms with van der Waals surface area (Å²) in [5.41, 5.74) is -0.762. The Morgan fingerprint density at radius 3 is 0.854 bits per heavy atom. The Morgan fingerprint density at radius 1 is 0.390 bits per heavy atom. The van der Waals surface area contributed by atoms with Gasteiger partial charge >= 0.3 is 17.9 Å². The predicted molar refractivity (Wildman–Crippen MR) is 169 cm³/mol. The fourth-order valence-electron chi connectivity index (χ4n) is 4.79. The molecular formula is C35H66O6. The highest BCUT2D eigenvalue weighted by molar-refractivity contribution is 5.70. The van der Waals surface area contributed by atoms with E-state index in [1.165, 1.54) is 77.0 Å². The summed E-state index contributed by atoms with van der Waals surface area (Å²) in [4.78, 5) is 37.2. The average Bonchev–Trinajstić information content (AvgIpc) is 2.96. The summed E-state index contributed by atoms with van der Waals surface area (Å²) in [5, 5.41) is 0. The topological polar surface area (TPSA) is 78.9 Å². The number of hydrogen-bond acceptors (Lipinski definition) is 6. The molecule has 0 aliphatic rings. The van der Waals surface area contributed by atoms with Crippen molar-refractivity contribution in [2.45, 2.75) is 182 Å². The highest BCUT2D eigenvalue weighted by Crippen LogP contribution is 2.21. The molecule has 0 aromatic heterocycles. The fourth-order valence-corrected chi connectivity index (χ4v) is 4.79. The molecule has 242 valence electrons. The number of carbonyl (C=O) groups is 3. The normalized spacial score (nSPS) is 12.6. The maximum Gasteiger partial charge on any atom is 0.305 e. The predicted octanol–water partition coefficient (Wildman–Crippen LogP) is 10.0. The molecule has 0 heterocycles. The lowest BCUT2D eigenvalue weighted by atomic mass is 9.94.